The lowest BCUT2D eigenvalue weighted by Gasteiger charge is -2.10. The molecule has 0 saturated heterocycles. The predicted molar refractivity (Wildman–Crippen MR) is 115 cm³/mol. The second-order valence-electron chi connectivity index (χ2n) is 6.94. The lowest BCUT2D eigenvalue weighted by Crippen LogP contribution is -2.13. The van der Waals surface area contributed by atoms with Gasteiger partial charge in [-0.25, -0.2) is 18.7 Å². The zero-order valence-corrected chi connectivity index (χ0v) is 17.0. The SMILES string of the molecule is Cc1cc(C=S(C)(N)=O)cc(Nc2cc(-c3ccc(F)c4ccoc34)c(F)cn2)n1. The molecule has 6 nitrogen and oxygen atoms in total. The quantitative estimate of drug-likeness (QED) is 0.476. The van der Waals surface area contributed by atoms with Crippen molar-refractivity contribution in [2.45, 2.75) is 6.92 Å². The summed E-state index contributed by atoms with van der Waals surface area (Å²) in [5.41, 5.74) is 2.16. The summed E-state index contributed by atoms with van der Waals surface area (Å²) in [7, 11) is -2.59. The number of nitrogens with one attached hydrogen (secondary N) is 1. The smallest absolute Gasteiger partial charge is 0.149 e. The van der Waals surface area contributed by atoms with E-state index in [4.69, 9.17) is 9.56 Å². The van der Waals surface area contributed by atoms with Crippen molar-refractivity contribution in [2.24, 2.45) is 5.14 Å². The molecule has 9 heteroatoms. The topological polar surface area (TPSA) is 94.0 Å². The largest absolute Gasteiger partial charge is 0.464 e. The van der Waals surface area contributed by atoms with Crippen LogP contribution in [-0.4, -0.2) is 25.8 Å². The van der Waals surface area contributed by atoms with Gasteiger partial charge in [-0.3, -0.25) is 9.35 Å². The zero-order chi connectivity index (χ0) is 21.5. The Morgan fingerprint density at radius 1 is 1.10 bits per heavy atom. The van der Waals surface area contributed by atoms with Crippen LogP contribution in [-0.2, 0) is 9.71 Å². The Morgan fingerprint density at radius 2 is 1.90 bits per heavy atom. The molecule has 0 aliphatic heterocycles. The van der Waals surface area contributed by atoms with Crippen LogP contribution < -0.4 is 10.5 Å². The van der Waals surface area contributed by atoms with E-state index in [1.807, 2.05) is 0 Å². The minimum Gasteiger partial charge on any atom is -0.464 e. The molecule has 0 amide bonds. The summed E-state index contributed by atoms with van der Waals surface area (Å²) in [4.78, 5) is 8.43. The monoisotopic (exact) mass is 428 g/mol. The molecule has 154 valence electrons. The molecule has 1 unspecified atom stereocenters. The van der Waals surface area contributed by atoms with Gasteiger partial charge in [-0.2, -0.15) is 0 Å². The number of nitrogens with two attached hydrogens (primary N) is 1. The molecular formula is C21H18F2N4O2S. The molecule has 0 fully saturated rings. The average molecular weight is 428 g/mol. The van der Waals surface area contributed by atoms with Gasteiger partial charge in [0.1, 0.15) is 28.9 Å². The van der Waals surface area contributed by atoms with Crippen LogP contribution in [0.25, 0.3) is 22.1 Å². The highest BCUT2D eigenvalue weighted by molar-refractivity contribution is 7.98. The van der Waals surface area contributed by atoms with Gasteiger partial charge in [0.15, 0.2) is 0 Å². The summed E-state index contributed by atoms with van der Waals surface area (Å²) in [6, 6.07) is 9.11. The molecule has 1 aromatic carbocycles. The highest BCUT2D eigenvalue weighted by Gasteiger charge is 2.15. The summed E-state index contributed by atoms with van der Waals surface area (Å²) in [6.07, 6.45) is 3.85. The van der Waals surface area contributed by atoms with Crippen LogP contribution in [0.2, 0.25) is 0 Å². The maximum Gasteiger partial charge on any atom is 0.149 e. The number of benzene rings is 1. The summed E-state index contributed by atoms with van der Waals surface area (Å²) >= 11 is 0. The Hall–Kier alpha value is -3.30. The van der Waals surface area contributed by atoms with Gasteiger partial charge in [0, 0.05) is 38.2 Å². The first-order chi connectivity index (χ1) is 14.2. The van der Waals surface area contributed by atoms with Crippen LogP contribution in [0.15, 0.2) is 53.3 Å². The highest BCUT2D eigenvalue weighted by Crippen LogP contribution is 2.33. The van der Waals surface area contributed by atoms with Crippen molar-refractivity contribution in [3.8, 4) is 11.1 Å². The van der Waals surface area contributed by atoms with Crippen LogP contribution in [0.3, 0.4) is 0 Å². The number of rotatable bonds is 4. The van der Waals surface area contributed by atoms with Crippen molar-refractivity contribution < 1.29 is 17.4 Å². The standard InChI is InChI=1S/C21H18F2N4O2S/c1-12-7-13(11-30(2,24)28)8-20(26-12)27-19-9-16(18(23)10-25-19)14-3-4-17(22)15-5-6-29-21(14)15/h3-11H,1-2H3,(H2,24,28)(H,25,26,27). The fourth-order valence-corrected chi connectivity index (χ4v) is 3.86. The van der Waals surface area contributed by atoms with Crippen LogP contribution in [0.5, 0.6) is 0 Å². The van der Waals surface area contributed by atoms with E-state index in [2.05, 4.69) is 15.3 Å². The van der Waals surface area contributed by atoms with E-state index >= 15 is 0 Å². The van der Waals surface area contributed by atoms with E-state index in [1.54, 1.807) is 19.1 Å². The van der Waals surface area contributed by atoms with E-state index in [0.717, 1.165) is 6.20 Å². The molecule has 0 saturated carbocycles. The molecule has 0 spiro atoms. The number of hydrogen-bond donors (Lipinski definition) is 2. The number of nitrogens with zero attached hydrogens (tertiary/aromatic N) is 2. The predicted octanol–water partition coefficient (Wildman–Crippen LogP) is 4.16. The first kappa shape index (κ1) is 20.0. The molecule has 0 bridgehead atoms. The number of aromatic nitrogens is 2. The number of anilines is 2. The first-order valence-corrected chi connectivity index (χ1v) is 11.0. The van der Waals surface area contributed by atoms with Crippen LogP contribution >= 0.6 is 0 Å². The Kier molecular flexibility index (Phi) is 5.00. The summed E-state index contributed by atoms with van der Waals surface area (Å²) < 4.78 is 45.8. The Bertz CT molecular complexity index is 1380. The van der Waals surface area contributed by atoms with Gasteiger partial charge in [-0.1, -0.05) is 0 Å². The second-order valence-corrected chi connectivity index (χ2v) is 9.11. The molecule has 3 aromatic heterocycles. The van der Waals surface area contributed by atoms with Gasteiger partial charge in [0.25, 0.3) is 0 Å². The van der Waals surface area contributed by atoms with Crippen molar-refractivity contribution in [2.75, 3.05) is 11.6 Å². The number of aryl methyl sites for hydroxylation is 1. The molecule has 1 atom stereocenters. The molecule has 0 aliphatic carbocycles. The number of hydrogen-bond acceptors (Lipinski definition) is 5. The van der Waals surface area contributed by atoms with Crippen LogP contribution in [0.4, 0.5) is 20.4 Å². The molecule has 3 N–H and O–H groups in total. The third-order valence-corrected chi connectivity index (χ3v) is 5.05. The Morgan fingerprint density at radius 3 is 2.67 bits per heavy atom. The molecule has 3 heterocycles. The number of halogens is 2. The summed E-state index contributed by atoms with van der Waals surface area (Å²) in [6.45, 7) is 1.78. The third kappa shape index (κ3) is 4.17. The molecule has 4 aromatic rings. The summed E-state index contributed by atoms with van der Waals surface area (Å²) in [5.74, 6) is -0.276. The number of fused-ring (bicyclic) bond motifs is 1. The zero-order valence-electron chi connectivity index (χ0n) is 16.1. The second kappa shape index (κ2) is 7.51. The van der Waals surface area contributed by atoms with Crippen molar-refractivity contribution in [3.63, 3.8) is 0 Å². The third-order valence-electron chi connectivity index (χ3n) is 4.31. The van der Waals surface area contributed by atoms with Gasteiger partial charge in [-0.15, -0.1) is 0 Å². The number of furan rings is 1. The molecular weight excluding hydrogens is 410 g/mol. The van der Waals surface area contributed by atoms with E-state index < -0.39 is 21.3 Å². The van der Waals surface area contributed by atoms with E-state index in [0.29, 0.717) is 28.5 Å². The van der Waals surface area contributed by atoms with Crippen molar-refractivity contribution in [3.05, 3.63) is 71.8 Å². The molecule has 4 rings (SSSR count). The van der Waals surface area contributed by atoms with E-state index in [1.165, 1.54) is 42.2 Å². The Labute approximate surface area is 171 Å². The van der Waals surface area contributed by atoms with E-state index in [-0.39, 0.29) is 16.5 Å². The lowest BCUT2D eigenvalue weighted by atomic mass is 10.0. The van der Waals surface area contributed by atoms with Crippen molar-refractivity contribution in [1.82, 2.24) is 9.97 Å². The van der Waals surface area contributed by atoms with Crippen LogP contribution in [0.1, 0.15) is 11.3 Å². The minimum atomic E-state index is -2.59. The van der Waals surface area contributed by atoms with Gasteiger partial charge in [0.05, 0.1) is 17.8 Å². The van der Waals surface area contributed by atoms with Gasteiger partial charge in [-0.05, 0) is 48.9 Å². The van der Waals surface area contributed by atoms with Gasteiger partial charge >= 0.3 is 0 Å². The summed E-state index contributed by atoms with van der Waals surface area (Å²) in [5, 5.41) is 10.4. The Balaban J connectivity index is 1.75. The van der Waals surface area contributed by atoms with E-state index in [9.17, 15) is 13.0 Å². The normalized spacial score (nSPS) is 13.2. The lowest BCUT2D eigenvalue weighted by molar-refractivity contribution is 0.607. The maximum absolute atomic E-state index is 14.6. The average Bonchev–Trinajstić information content (AvgIpc) is 3.13. The highest BCUT2D eigenvalue weighted by atomic mass is 32.2. The van der Waals surface area contributed by atoms with Crippen LogP contribution in [0, 0.1) is 18.6 Å². The fourth-order valence-electron chi connectivity index (χ4n) is 3.18. The maximum atomic E-state index is 14.6. The van der Waals surface area contributed by atoms with Crippen molar-refractivity contribution >= 4 is 37.7 Å². The molecule has 30 heavy (non-hydrogen) atoms. The van der Waals surface area contributed by atoms with Gasteiger partial charge in [0.2, 0.25) is 0 Å². The van der Waals surface area contributed by atoms with Gasteiger partial charge < -0.3 is 9.73 Å². The minimum absolute atomic E-state index is 0.199. The fraction of sp³-hybridized carbons (Fsp3) is 0.0952. The van der Waals surface area contributed by atoms with Crippen molar-refractivity contribution in [1.29, 1.82) is 0 Å². The number of pyridine rings is 2. The first-order valence-electron chi connectivity index (χ1n) is 8.89. The molecule has 0 radical (unpaired) electrons. The molecule has 0 aliphatic rings.